The lowest BCUT2D eigenvalue weighted by Crippen LogP contribution is -2.39. The Hall–Kier alpha value is -0.910. The van der Waals surface area contributed by atoms with E-state index in [1.165, 1.54) is 4.31 Å². The molecule has 2 rings (SSSR count). The number of hydrogen-bond acceptors (Lipinski definition) is 3. The highest BCUT2D eigenvalue weighted by atomic mass is 32.2. The summed E-state index contributed by atoms with van der Waals surface area (Å²) in [5.74, 6) is 0. The second kappa shape index (κ2) is 6.50. The Balaban J connectivity index is 2.15. The van der Waals surface area contributed by atoms with E-state index in [0.717, 1.165) is 31.2 Å². The summed E-state index contributed by atoms with van der Waals surface area (Å²) in [5, 5.41) is 8.85. The summed E-state index contributed by atoms with van der Waals surface area (Å²) < 4.78 is 26.5. The van der Waals surface area contributed by atoms with Crippen LogP contribution in [0, 0.1) is 0 Å². The van der Waals surface area contributed by atoms with E-state index in [2.05, 4.69) is 0 Å². The predicted octanol–water partition coefficient (Wildman–Crippen LogP) is 1.75. The van der Waals surface area contributed by atoms with Crippen LogP contribution in [0.1, 0.15) is 31.2 Å². The largest absolute Gasteiger partial charge is 0.395 e. The topological polar surface area (TPSA) is 57.6 Å². The number of nitrogens with zero attached hydrogens (tertiary/aromatic N) is 1. The fourth-order valence-corrected chi connectivity index (χ4v) is 4.61. The van der Waals surface area contributed by atoms with Gasteiger partial charge in [-0.3, -0.25) is 0 Å². The summed E-state index contributed by atoms with van der Waals surface area (Å²) in [6.45, 7) is 0.382. The van der Waals surface area contributed by atoms with Crippen LogP contribution < -0.4 is 0 Å². The molecule has 1 fully saturated rings. The van der Waals surface area contributed by atoms with Crippen LogP contribution in [0.4, 0.5) is 0 Å². The molecule has 0 atom stereocenters. The number of aliphatic hydroxyl groups excluding tert-OH is 1. The molecule has 4 nitrogen and oxygen atoms in total. The zero-order chi connectivity index (χ0) is 13.7. The van der Waals surface area contributed by atoms with Crippen molar-refractivity contribution < 1.29 is 13.5 Å². The lowest BCUT2D eigenvalue weighted by Gasteiger charge is -2.25. The van der Waals surface area contributed by atoms with Crippen LogP contribution in [-0.4, -0.2) is 36.2 Å². The molecule has 0 spiro atoms. The Kier molecular flexibility index (Phi) is 4.96. The highest BCUT2D eigenvalue weighted by Gasteiger charge is 2.33. The second-order valence-corrected chi connectivity index (χ2v) is 7.21. The van der Waals surface area contributed by atoms with Crippen LogP contribution in [0.25, 0.3) is 0 Å². The minimum atomic E-state index is -3.29. The molecular formula is C14H21NO3S. The lowest BCUT2D eigenvalue weighted by atomic mass is 10.2. The lowest BCUT2D eigenvalue weighted by molar-refractivity contribution is 0.250. The van der Waals surface area contributed by atoms with Crippen molar-refractivity contribution in [1.82, 2.24) is 4.31 Å². The van der Waals surface area contributed by atoms with Crippen molar-refractivity contribution in [1.29, 1.82) is 0 Å². The zero-order valence-electron chi connectivity index (χ0n) is 11.0. The third-order valence-electron chi connectivity index (χ3n) is 3.63. The summed E-state index contributed by atoms with van der Waals surface area (Å²) in [5.41, 5.74) is 0.956. The van der Waals surface area contributed by atoms with Crippen LogP contribution in [-0.2, 0) is 16.6 Å². The van der Waals surface area contributed by atoms with Crippen LogP contribution in [0.15, 0.2) is 30.3 Å². The molecule has 0 radical (unpaired) electrons. The number of sulfonamides is 1. The summed E-state index contributed by atoms with van der Waals surface area (Å²) in [6, 6.07) is 9.53. The minimum absolute atomic E-state index is 0.140. The molecule has 0 saturated heterocycles. The molecule has 1 N–H and O–H groups in total. The number of hydrogen-bond donors (Lipinski definition) is 1. The summed E-state index contributed by atoms with van der Waals surface area (Å²) in [4.78, 5) is 0. The number of rotatable bonds is 6. The van der Waals surface area contributed by atoms with Gasteiger partial charge in [0.1, 0.15) is 0 Å². The van der Waals surface area contributed by atoms with Crippen LogP contribution in [0.3, 0.4) is 0 Å². The summed E-state index contributed by atoms with van der Waals surface area (Å²) in [7, 11) is -3.29. The van der Waals surface area contributed by atoms with Gasteiger partial charge in [-0.05, 0) is 18.4 Å². The Bertz CT molecular complexity index is 481. The molecule has 5 heteroatoms. The van der Waals surface area contributed by atoms with E-state index in [0.29, 0.717) is 6.54 Å². The van der Waals surface area contributed by atoms with Crippen molar-refractivity contribution in [3.05, 3.63) is 35.9 Å². The van der Waals surface area contributed by atoms with Gasteiger partial charge in [0.15, 0.2) is 0 Å². The van der Waals surface area contributed by atoms with Gasteiger partial charge in [0, 0.05) is 13.1 Å². The van der Waals surface area contributed by atoms with Gasteiger partial charge >= 0.3 is 0 Å². The first-order valence-corrected chi connectivity index (χ1v) is 8.28. The zero-order valence-corrected chi connectivity index (χ0v) is 11.8. The number of aliphatic hydroxyl groups is 1. The van der Waals surface area contributed by atoms with E-state index in [-0.39, 0.29) is 18.4 Å². The van der Waals surface area contributed by atoms with Crippen molar-refractivity contribution in [3.63, 3.8) is 0 Å². The molecule has 1 aliphatic carbocycles. The molecule has 0 amide bonds. The van der Waals surface area contributed by atoms with Crippen molar-refractivity contribution >= 4 is 10.0 Å². The van der Waals surface area contributed by atoms with Gasteiger partial charge in [-0.2, -0.15) is 4.31 Å². The molecule has 0 heterocycles. The Morgan fingerprint density at radius 2 is 1.79 bits per heavy atom. The van der Waals surface area contributed by atoms with E-state index in [9.17, 15) is 8.42 Å². The third-order valence-corrected chi connectivity index (χ3v) is 5.98. The van der Waals surface area contributed by atoms with Crippen LogP contribution in [0.2, 0.25) is 0 Å². The first-order valence-electron chi connectivity index (χ1n) is 6.78. The Labute approximate surface area is 115 Å². The average Bonchev–Trinajstić information content (AvgIpc) is 2.94. The van der Waals surface area contributed by atoms with Gasteiger partial charge in [0.2, 0.25) is 10.0 Å². The highest BCUT2D eigenvalue weighted by Crippen LogP contribution is 2.27. The second-order valence-electron chi connectivity index (χ2n) is 4.99. The molecule has 0 aliphatic heterocycles. The maximum Gasteiger partial charge on any atom is 0.217 e. The van der Waals surface area contributed by atoms with Crippen LogP contribution in [0.5, 0.6) is 0 Å². The SMILES string of the molecule is O=S(=O)(C1CCCC1)N(CCO)Cc1ccccc1. The van der Waals surface area contributed by atoms with Gasteiger partial charge < -0.3 is 5.11 Å². The van der Waals surface area contributed by atoms with Gasteiger partial charge in [-0.15, -0.1) is 0 Å². The monoisotopic (exact) mass is 283 g/mol. The van der Waals surface area contributed by atoms with Crippen molar-refractivity contribution in [2.24, 2.45) is 0 Å². The maximum atomic E-state index is 12.5. The average molecular weight is 283 g/mol. The normalized spacial score (nSPS) is 17.2. The molecule has 1 saturated carbocycles. The fraction of sp³-hybridized carbons (Fsp3) is 0.571. The first kappa shape index (κ1) is 14.5. The fourth-order valence-electron chi connectivity index (χ4n) is 2.59. The van der Waals surface area contributed by atoms with E-state index >= 15 is 0 Å². The van der Waals surface area contributed by atoms with Gasteiger partial charge in [-0.1, -0.05) is 43.2 Å². The molecule has 0 aromatic heterocycles. The smallest absolute Gasteiger partial charge is 0.217 e. The molecular weight excluding hydrogens is 262 g/mol. The van der Waals surface area contributed by atoms with Gasteiger partial charge in [0.25, 0.3) is 0 Å². The van der Waals surface area contributed by atoms with Gasteiger partial charge in [-0.25, -0.2) is 8.42 Å². The van der Waals surface area contributed by atoms with E-state index in [4.69, 9.17) is 5.11 Å². The molecule has 1 aromatic rings. The Morgan fingerprint density at radius 1 is 1.16 bits per heavy atom. The van der Waals surface area contributed by atoms with E-state index in [1.807, 2.05) is 30.3 Å². The molecule has 0 unspecified atom stereocenters. The van der Waals surface area contributed by atoms with E-state index < -0.39 is 10.0 Å². The quantitative estimate of drug-likeness (QED) is 0.865. The highest BCUT2D eigenvalue weighted by molar-refractivity contribution is 7.89. The standard InChI is InChI=1S/C14H21NO3S/c16-11-10-15(12-13-6-2-1-3-7-13)19(17,18)14-8-4-5-9-14/h1-3,6-7,14,16H,4-5,8-12H2. The van der Waals surface area contributed by atoms with Crippen LogP contribution >= 0.6 is 0 Å². The van der Waals surface area contributed by atoms with Crippen molar-refractivity contribution in [2.45, 2.75) is 37.5 Å². The minimum Gasteiger partial charge on any atom is -0.395 e. The maximum absolute atomic E-state index is 12.5. The van der Waals surface area contributed by atoms with E-state index in [1.54, 1.807) is 0 Å². The molecule has 1 aromatic carbocycles. The predicted molar refractivity (Wildman–Crippen MR) is 75.1 cm³/mol. The first-order chi connectivity index (χ1) is 9.14. The Morgan fingerprint density at radius 3 is 2.37 bits per heavy atom. The van der Waals surface area contributed by atoms with Crippen molar-refractivity contribution in [2.75, 3.05) is 13.2 Å². The van der Waals surface area contributed by atoms with Crippen molar-refractivity contribution in [3.8, 4) is 0 Å². The summed E-state index contributed by atoms with van der Waals surface area (Å²) in [6.07, 6.45) is 3.47. The number of benzene rings is 1. The molecule has 19 heavy (non-hydrogen) atoms. The molecule has 106 valence electrons. The summed E-state index contributed by atoms with van der Waals surface area (Å²) >= 11 is 0. The molecule has 0 bridgehead atoms. The third kappa shape index (κ3) is 3.55. The van der Waals surface area contributed by atoms with Gasteiger partial charge in [0.05, 0.1) is 11.9 Å². The molecule has 1 aliphatic rings.